The molecule has 0 saturated heterocycles. The van der Waals surface area contributed by atoms with Gasteiger partial charge in [0.25, 0.3) is 0 Å². The van der Waals surface area contributed by atoms with E-state index in [-0.39, 0.29) is 5.75 Å². The molecule has 0 aliphatic heterocycles. The van der Waals surface area contributed by atoms with Gasteiger partial charge in [0.15, 0.2) is 11.9 Å². The molecule has 0 unspecified atom stereocenters. The SMILES string of the molecule is COC(=O)[C@@H](Cc1ccccc1)Oc1c(Cl)cc(Br)cc1Cl. The maximum absolute atomic E-state index is 12.0. The van der Waals surface area contributed by atoms with E-state index in [1.165, 1.54) is 7.11 Å². The molecule has 0 radical (unpaired) electrons. The number of esters is 1. The topological polar surface area (TPSA) is 35.5 Å². The second kappa shape index (κ2) is 7.86. The third kappa shape index (κ3) is 4.38. The second-order valence-corrected chi connectivity index (χ2v) is 6.25. The quantitative estimate of drug-likeness (QED) is 0.664. The minimum atomic E-state index is -0.830. The predicted molar refractivity (Wildman–Crippen MR) is 90.7 cm³/mol. The molecule has 2 rings (SSSR count). The molecule has 0 N–H and O–H groups in total. The van der Waals surface area contributed by atoms with Crippen molar-refractivity contribution in [2.75, 3.05) is 7.11 Å². The van der Waals surface area contributed by atoms with Crippen LogP contribution in [0.4, 0.5) is 0 Å². The summed E-state index contributed by atoms with van der Waals surface area (Å²) in [5.74, 6) is -0.225. The molecule has 0 aliphatic carbocycles. The average molecular weight is 404 g/mol. The third-order valence-electron chi connectivity index (χ3n) is 2.95. The van der Waals surface area contributed by atoms with E-state index >= 15 is 0 Å². The molecule has 0 fully saturated rings. The highest BCUT2D eigenvalue weighted by molar-refractivity contribution is 9.10. The molecule has 2 aromatic rings. The van der Waals surface area contributed by atoms with Crippen LogP contribution in [-0.2, 0) is 16.0 Å². The van der Waals surface area contributed by atoms with Gasteiger partial charge in [0, 0.05) is 10.9 Å². The number of hydrogen-bond acceptors (Lipinski definition) is 3. The fourth-order valence-electron chi connectivity index (χ4n) is 1.92. The number of halogens is 3. The van der Waals surface area contributed by atoms with Crippen LogP contribution < -0.4 is 4.74 Å². The van der Waals surface area contributed by atoms with Gasteiger partial charge in [-0.1, -0.05) is 69.5 Å². The Labute approximate surface area is 147 Å². The number of carbonyl (C=O) groups excluding carboxylic acids is 1. The van der Waals surface area contributed by atoms with Crippen molar-refractivity contribution in [2.45, 2.75) is 12.5 Å². The summed E-state index contributed by atoms with van der Waals surface area (Å²) in [6, 6.07) is 12.8. The van der Waals surface area contributed by atoms with Gasteiger partial charge in [-0.05, 0) is 17.7 Å². The Hall–Kier alpha value is -1.23. The number of methoxy groups -OCH3 is 1. The van der Waals surface area contributed by atoms with Crippen LogP contribution >= 0.6 is 39.1 Å². The van der Waals surface area contributed by atoms with E-state index in [4.69, 9.17) is 32.7 Å². The van der Waals surface area contributed by atoms with Gasteiger partial charge in [0.1, 0.15) is 0 Å². The summed E-state index contributed by atoms with van der Waals surface area (Å²) in [6.07, 6.45) is -0.473. The molecule has 3 nitrogen and oxygen atoms in total. The zero-order valence-corrected chi connectivity index (χ0v) is 14.8. The fraction of sp³-hybridized carbons (Fsp3) is 0.188. The minimum absolute atomic E-state index is 0.262. The van der Waals surface area contributed by atoms with Gasteiger partial charge in [0.05, 0.1) is 17.2 Å². The van der Waals surface area contributed by atoms with E-state index < -0.39 is 12.1 Å². The van der Waals surface area contributed by atoms with Gasteiger partial charge in [0.2, 0.25) is 0 Å². The molecule has 2 aromatic carbocycles. The third-order valence-corrected chi connectivity index (χ3v) is 3.97. The van der Waals surface area contributed by atoms with Crippen molar-refractivity contribution in [2.24, 2.45) is 0 Å². The van der Waals surface area contributed by atoms with E-state index in [2.05, 4.69) is 15.9 Å². The fourth-order valence-corrected chi connectivity index (χ4v) is 3.21. The van der Waals surface area contributed by atoms with Crippen LogP contribution in [0, 0.1) is 0 Å². The van der Waals surface area contributed by atoms with Crippen molar-refractivity contribution >= 4 is 45.1 Å². The smallest absolute Gasteiger partial charge is 0.347 e. The lowest BCUT2D eigenvalue weighted by molar-refractivity contribution is -0.148. The van der Waals surface area contributed by atoms with Crippen molar-refractivity contribution in [1.29, 1.82) is 0 Å². The minimum Gasteiger partial charge on any atom is -0.475 e. The lowest BCUT2D eigenvalue weighted by Gasteiger charge is -2.19. The summed E-state index contributed by atoms with van der Waals surface area (Å²) < 4.78 is 11.3. The Balaban J connectivity index is 2.26. The van der Waals surface area contributed by atoms with Gasteiger partial charge in [-0.25, -0.2) is 4.79 Å². The highest BCUT2D eigenvalue weighted by Gasteiger charge is 2.24. The Morgan fingerprint density at radius 1 is 1.18 bits per heavy atom. The second-order valence-electron chi connectivity index (χ2n) is 4.52. The molecular formula is C16H13BrCl2O3. The van der Waals surface area contributed by atoms with Gasteiger partial charge >= 0.3 is 5.97 Å². The first-order valence-electron chi connectivity index (χ1n) is 6.44. The molecule has 6 heteroatoms. The summed E-state index contributed by atoms with van der Waals surface area (Å²) in [4.78, 5) is 12.0. The van der Waals surface area contributed by atoms with Gasteiger partial charge in [-0.2, -0.15) is 0 Å². The van der Waals surface area contributed by atoms with Crippen LogP contribution in [0.3, 0.4) is 0 Å². The van der Waals surface area contributed by atoms with E-state index in [0.29, 0.717) is 16.5 Å². The molecule has 0 saturated carbocycles. The predicted octanol–water partition coefficient (Wildman–Crippen LogP) is 4.92. The largest absolute Gasteiger partial charge is 0.475 e. The molecule has 0 amide bonds. The zero-order chi connectivity index (χ0) is 16.1. The van der Waals surface area contributed by atoms with E-state index in [1.54, 1.807) is 12.1 Å². The summed E-state index contributed by atoms with van der Waals surface area (Å²) >= 11 is 15.6. The Morgan fingerprint density at radius 2 is 1.77 bits per heavy atom. The number of rotatable bonds is 5. The van der Waals surface area contributed by atoms with Crippen molar-refractivity contribution in [3.63, 3.8) is 0 Å². The molecule has 0 spiro atoms. The van der Waals surface area contributed by atoms with Crippen LogP contribution in [0.15, 0.2) is 46.9 Å². The van der Waals surface area contributed by atoms with Crippen molar-refractivity contribution in [3.8, 4) is 5.75 Å². The molecular weight excluding hydrogens is 391 g/mol. The summed E-state index contributed by atoms with van der Waals surface area (Å²) in [7, 11) is 1.31. The lowest BCUT2D eigenvalue weighted by Crippen LogP contribution is -2.31. The average Bonchev–Trinajstić information content (AvgIpc) is 2.49. The number of benzene rings is 2. The molecule has 1 atom stereocenters. The van der Waals surface area contributed by atoms with E-state index in [1.807, 2.05) is 30.3 Å². The summed E-state index contributed by atoms with van der Waals surface area (Å²) in [5.41, 5.74) is 0.947. The van der Waals surface area contributed by atoms with Gasteiger partial charge in [-0.3, -0.25) is 0 Å². The Bertz CT molecular complexity index is 639. The monoisotopic (exact) mass is 402 g/mol. The molecule has 116 valence electrons. The van der Waals surface area contributed by atoms with Crippen molar-refractivity contribution in [1.82, 2.24) is 0 Å². The molecule has 0 heterocycles. The highest BCUT2D eigenvalue weighted by atomic mass is 79.9. The number of hydrogen-bond donors (Lipinski definition) is 0. The Morgan fingerprint density at radius 3 is 2.32 bits per heavy atom. The first kappa shape index (κ1) is 17.1. The molecule has 22 heavy (non-hydrogen) atoms. The van der Waals surface area contributed by atoms with Crippen LogP contribution in [0.25, 0.3) is 0 Å². The van der Waals surface area contributed by atoms with Gasteiger partial charge in [-0.15, -0.1) is 0 Å². The maximum Gasteiger partial charge on any atom is 0.347 e. The normalized spacial score (nSPS) is 11.8. The maximum atomic E-state index is 12.0. The van der Waals surface area contributed by atoms with E-state index in [9.17, 15) is 4.79 Å². The first-order valence-corrected chi connectivity index (χ1v) is 7.99. The zero-order valence-electron chi connectivity index (χ0n) is 11.7. The molecule has 0 bridgehead atoms. The van der Waals surface area contributed by atoms with Gasteiger partial charge < -0.3 is 9.47 Å². The van der Waals surface area contributed by atoms with Crippen LogP contribution in [0.1, 0.15) is 5.56 Å². The van der Waals surface area contributed by atoms with Crippen molar-refractivity contribution < 1.29 is 14.3 Å². The summed E-state index contributed by atoms with van der Waals surface area (Å²) in [6.45, 7) is 0. The molecule has 0 aliphatic rings. The highest BCUT2D eigenvalue weighted by Crippen LogP contribution is 2.36. The standard InChI is InChI=1S/C16H13BrCl2O3/c1-21-16(20)14(7-10-5-3-2-4-6-10)22-15-12(18)8-11(17)9-13(15)19/h2-6,8-9,14H,7H2,1H3/t14-/m1/s1. The summed E-state index contributed by atoms with van der Waals surface area (Å²) in [5, 5.41) is 0.641. The lowest BCUT2D eigenvalue weighted by atomic mass is 10.1. The van der Waals surface area contributed by atoms with Crippen LogP contribution in [0.5, 0.6) is 5.75 Å². The van der Waals surface area contributed by atoms with E-state index in [0.717, 1.165) is 10.0 Å². The first-order chi connectivity index (χ1) is 10.5. The number of carbonyl (C=O) groups is 1. The molecule has 0 aromatic heterocycles. The Kier molecular flexibility index (Phi) is 6.12. The van der Waals surface area contributed by atoms with Crippen LogP contribution in [-0.4, -0.2) is 19.2 Å². The van der Waals surface area contributed by atoms with Crippen LogP contribution in [0.2, 0.25) is 10.0 Å². The number of ether oxygens (including phenoxy) is 2. The van der Waals surface area contributed by atoms with Crippen molar-refractivity contribution in [3.05, 3.63) is 62.5 Å².